The highest BCUT2D eigenvalue weighted by Gasteiger charge is 2.12. The van der Waals surface area contributed by atoms with Gasteiger partial charge in [0.2, 0.25) is 5.89 Å². The second kappa shape index (κ2) is 6.37. The fourth-order valence-corrected chi connectivity index (χ4v) is 2.69. The average Bonchev–Trinajstić information content (AvgIpc) is 3.03. The maximum Gasteiger partial charge on any atom is 0.312 e. The summed E-state index contributed by atoms with van der Waals surface area (Å²) in [5.41, 5.74) is 2.33. The van der Waals surface area contributed by atoms with E-state index in [0.717, 1.165) is 10.9 Å². The number of hydrogen-bond donors (Lipinski definition) is 1. The molecule has 0 amide bonds. The molecule has 1 N–H and O–H groups in total. The molecule has 6 heteroatoms. The van der Waals surface area contributed by atoms with E-state index in [4.69, 9.17) is 16.0 Å². The molecule has 4 aromatic rings. The Morgan fingerprint density at radius 3 is 2.72 bits per heavy atom. The van der Waals surface area contributed by atoms with Crippen molar-refractivity contribution in [1.29, 1.82) is 0 Å². The first-order chi connectivity index (χ1) is 12.2. The molecule has 0 aliphatic rings. The Morgan fingerprint density at radius 2 is 1.88 bits per heavy atom. The third-order valence-corrected chi connectivity index (χ3v) is 4.01. The molecule has 25 heavy (non-hydrogen) atoms. The summed E-state index contributed by atoms with van der Waals surface area (Å²) < 4.78 is 5.31. The molecule has 2 aromatic carbocycles. The van der Waals surface area contributed by atoms with E-state index in [-0.39, 0.29) is 11.6 Å². The lowest BCUT2D eigenvalue weighted by molar-refractivity contribution is 0.337. The third-order valence-electron chi connectivity index (χ3n) is 3.68. The van der Waals surface area contributed by atoms with Gasteiger partial charge in [-0.2, -0.15) is 0 Å². The van der Waals surface area contributed by atoms with E-state index in [1.807, 2.05) is 42.5 Å². The Labute approximate surface area is 148 Å². The van der Waals surface area contributed by atoms with Gasteiger partial charge in [0.05, 0.1) is 22.4 Å². The van der Waals surface area contributed by atoms with Crippen LogP contribution in [0.4, 0.5) is 5.69 Å². The Morgan fingerprint density at radius 1 is 1.04 bits per heavy atom. The molecule has 0 saturated carbocycles. The first-order valence-electron chi connectivity index (χ1n) is 7.55. The summed E-state index contributed by atoms with van der Waals surface area (Å²) in [6, 6.07) is 16.6. The summed E-state index contributed by atoms with van der Waals surface area (Å²) in [4.78, 5) is 13.0. The highest BCUT2D eigenvalue weighted by atomic mass is 35.5. The first-order valence-corrected chi connectivity index (χ1v) is 7.93. The lowest BCUT2D eigenvalue weighted by atomic mass is 10.2. The number of fused-ring (bicyclic) bond motifs is 1. The molecular formula is C19H12ClN3O2. The van der Waals surface area contributed by atoms with Crippen LogP contribution in [0, 0.1) is 0 Å². The van der Waals surface area contributed by atoms with Crippen LogP contribution >= 0.6 is 11.6 Å². The lowest BCUT2D eigenvalue weighted by Gasteiger charge is -2.02. The Kier molecular flexibility index (Phi) is 3.91. The van der Waals surface area contributed by atoms with Gasteiger partial charge in [0.1, 0.15) is 0 Å². The van der Waals surface area contributed by atoms with Crippen LogP contribution in [0.5, 0.6) is 5.95 Å². The molecule has 0 atom stereocenters. The number of pyridine rings is 1. The Hall–Kier alpha value is -3.18. The van der Waals surface area contributed by atoms with Crippen LogP contribution in [0.15, 0.2) is 70.2 Å². The summed E-state index contributed by atoms with van der Waals surface area (Å²) in [5, 5.41) is 11.4. The van der Waals surface area contributed by atoms with E-state index in [9.17, 15) is 5.11 Å². The zero-order valence-corrected chi connectivity index (χ0v) is 13.7. The highest BCUT2D eigenvalue weighted by molar-refractivity contribution is 6.35. The molecule has 122 valence electrons. The van der Waals surface area contributed by atoms with Crippen molar-refractivity contribution in [1.82, 2.24) is 9.97 Å². The standard InChI is InChI=1S/C19H12ClN3O2/c20-14-8-9-15(17-13(14)7-4-10-21-17)22-11-16-19(24)25-18(23-16)12-5-2-1-3-6-12/h1-11,24H. The fourth-order valence-electron chi connectivity index (χ4n) is 2.47. The molecule has 2 heterocycles. The zero-order valence-electron chi connectivity index (χ0n) is 12.9. The van der Waals surface area contributed by atoms with Gasteiger partial charge in [-0.1, -0.05) is 29.8 Å². The summed E-state index contributed by atoms with van der Waals surface area (Å²) in [6.07, 6.45) is 3.13. The van der Waals surface area contributed by atoms with Crippen molar-refractivity contribution in [2.75, 3.05) is 0 Å². The smallest absolute Gasteiger partial charge is 0.312 e. The van der Waals surface area contributed by atoms with Gasteiger partial charge in [0, 0.05) is 17.1 Å². The first kappa shape index (κ1) is 15.4. The summed E-state index contributed by atoms with van der Waals surface area (Å²) >= 11 is 6.18. The van der Waals surface area contributed by atoms with Crippen LogP contribution in [0.25, 0.3) is 22.4 Å². The molecule has 0 aliphatic heterocycles. The van der Waals surface area contributed by atoms with E-state index < -0.39 is 0 Å². The Balaban J connectivity index is 1.72. The van der Waals surface area contributed by atoms with E-state index in [1.165, 1.54) is 6.21 Å². The second-order valence-electron chi connectivity index (χ2n) is 5.30. The molecule has 0 saturated heterocycles. The van der Waals surface area contributed by atoms with Gasteiger partial charge in [-0.3, -0.25) is 9.98 Å². The van der Waals surface area contributed by atoms with Gasteiger partial charge < -0.3 is 9.52 Å². The van der Waals surface area contributed by atoms with Crippen molar-refractivity contribution in [2.24, 2.45) is 4.99 Å². The molecule has 0 radical (unpaired) electrons. The molecule has 0 spiro atoms. The van der Waals surface area contributed by atoms with Crippen LogP contribution in [0.1, 0.15) is 5.69 Å². The van der Waals surface area contributed by atoms with Crippen LogP contribution in [0.2, 0.25) is 5.02 Å². The number of hydrogen-bond acceptors (Lipinski definition) is 5. The molecule has 0 unspecified atom stereocenters. The van der Waals surface area contributed by atoms with Crippen molar-refractivity contribution in [3.63, 3.8) is 0 Å². The Bertz CT molecular complexity index is 1070. The van der Waals surface area contributed by atoms with Gasteiger partial charge in [0.25, 0.3) is 0 Å². The topological polar surface area (TPSA) is 71.5 Å². The largest absolute Gasteiger partial charge is 0.479 e. The molecule has 5 nitrogen and oxygen atoms in total. The maximum absolute atomic E-state index is 9.97. The van der Waals surface area contributed by atoms with Gasteiger partial charge in [-0.15, -0.1) is 0 Å². The number of aromatic hydroxyl groups is 1. The van der Waals surface area contributed by atoms with Crippen molar-refractivity contribution in [3.8, 4) is 17.4 Å². The summed E-state index contributed by atoms with van der Waals surface area (Å²) in [5.74, 6) is 0.0486. The lowest BCUT2D eigenvalue weighted by Crippen LogP contribution is -1.84. The van der Waals surface area contributed by atoms with Crippen molar-refractivity contribution in [2.45, 2.75) is 0 Å². The number of oxazole rings is 1. The number of aliphatic imine (C=N–C) groups is 1. The highest BCUT2D eigenvalue weighted by Crippen LogP contribution is 2.30. The van der Waals surface area contributed by atoms with Gasteiger partial charge in [0.15, 0.2) is 5.69 Å². The normalized spacial score (nSPS) is 11.4. The molecule has 0 fully saturated rings. The van der Waals surface area contributed by atoms with Crippen LogP contribution < -0.4 is 0 Å². The van der Waals surface area contributed by atoms with Crippen LogP contribution in [-0.4, -0.2) is 21.3 Å². The average molecular weight is 350 g/mol. The summed E-state index contributed by atoms with van der Waals surface area (Å²) in [7, 11) is 0. The minimum Gasteiger partial charge on any atom is -0.479 e. The molecule has 0 bridgehead atoms. The minimum absolute atomic E-state index is 0.248. The van der Waals surface area contributed by atoms with Crippen LogP contribution in [0.3, 0.4) is 0 Å². The zero-order chi connectivity index (χ0) is 17.2. The second-order valence-corrected chi connectivity index (χ2v) is 5.71. The number of aromatic nitrogens is 2. The van der Waals surface area contributed by atoms with Crippen molar-refractivity contribution >= 4 is 34.4 Å². The molecule has 4 rings (SSSR count). The number of benzene rings is 2. The summed E-state index contributed by atoms with van der Waals surface area (Å²) in [6.45, 7) is 0. The van der Waals surface area contributed by atoms with Gasteiger partial charge in [-0.25, -0.2) is 4.98 Å². The van der Waals surface area contributed by atoms with Gasteiger partial charge >= 0.3 is 5.95 Å². The molecule has 2 aromatic heterocycles. The van der Waals surface area contributed by atoms with E-state index >= 15 is 0 Å². The predicted molar refractivity (Wildman–Crippen MR) is 97.6 cm³/mol. The van der Waals surface area contributed by atoms with E-state index in [1.54, 1.807) is 18.3 Å². The van der Waals surface area contributed by atoms with Crippen LogP contribution in [-0.2, 0) is 0 Å². The van der Waals surface area contributed by atoms with E-state index in [0.29, 0.717) is 22.1 Å². The maximum atomic E-state index is 9.97. The third kappa shape index (κ3) is 2.97. The SMILES string of the molecule is Oc1oc(-c2ccccc2)nc1C=Nc1ccc(Cl)c2cccnc12. The number of rotatable bonds is 3. The fraction of sp³-hybridized carbons (Fsp3) is 0. The minimum atomic E-state index is -0.283. The van der Waals surface area contributed by atoms with Crippen molar-refractivity contribution in [3.05, 3.63) is 71.5 Å². The molecule has 0 aliphatic carbocycles. The number of nitrogens with zero attached hydrogens (tertiary/aromatic N) is 3. The van der Waals surface area contributed by atoms with Crippen molar-refractivity contribution < 1.29 is 9.52 Å². The number of halogens is 1. The quantitative estimate of drug-likeness (QED) is 0.528. The molecular weight excluding hydrogens is 338 g/mol. The monoisotopic (exact) mass is 349 g/mol. The van der Waals surface area contributed by atoms with Gasteiger partial charge in [-0.05, 0) is 36.4 Å². The predicted octanol–water partition coefficient (Wildman–Crippen LogP) is 5.00. The van der Waals surface area contributed by atoms with E-state index in [2.05, 4.69) is 15.0 Å².